The number of anilines is 1. The number of rotatable bonds is 8. The van der Waals surface area contributed by atoms with Gasteiger partial charge in [-0.2, -0.15) is 0 Å². The molecular formula is C27H28N4O3S2. The third-order valence-electron chi connectivity index (χ3n) is 5.71. The van der Waals surface area contributed by atoms with Gasteiger partial charge in [-0.15, -0.1) is 0 Å². The summed E-state index contributed by atoms with van der Waals surface area (Å²) in [5, 5.41) is 8.23. The van der Waals surface area contributed by atoms with Crippen molar-refractivity contribution in [2.24, 2.45) is 5.14 Å². The van der Waals surface area contributed by atoms with Gasteiger partial charge in [0.25, 0.3) is 0 Å². The molecule has 7 nitrogen and oxygen atoms in total. The van der Waals surface area contributed by atoms with E-state index in [4.69, 9.17) is 10.1 Å². The van der Waals surface area contributed by atoms with Crippen molar-refractivity contribution in [3.8, 4) is 22.5 Å². The van der Waals surface area contributed by atoms with E-state index in [0.717, 1.165) is 22.5 Å². The monoisotopic (exact) mass is 520 g/mol. The number of carbonyl (C=O) groups excluding carboxylic acids is 1. The third kappa shape index (κ3) is 6.04. The first-order valence-electron chi connectivity index (χ1n) is 11.5. The fourth-order valence-corrected chi connectivity index (χ4v) is 5.09. The minimum atomic E-state index is -3.79. The number of thioether (sulfide) groups is 1. The molecule has 0 aliphatic heterocycles. The average Bonchev–Trinajstić information content (AvgIpc) is 3.27. The fraction of sp³-hybridized carbons (Fsp3) is 0.185. The quantitative estimate of drug-likeness (QED) is 0.265. The first-order chi connectivity index (χ1) is 17.1. The van der Waals surface area contributed by atoms with Gasteiger partial charge < -0.3 is 10.3 Å². The molecule has 0 saturated carbocycles. The summed E-state index contributed by atoms with van der Waals surface area (Å²) in [5.74, 6) is -0.198. The SMILES string of the molecule is CCC(Sc1nc(-c2ccc(C)cc2)c(-c2ccc(C)cc2)[nH]1)C(=O)Nc1ccc(S(N)(=O)=O)cc1. The number of aromatic amines is 1. The average molecular weight is 521 g/mol. The summed E-state index contributed by atoms with van der Waals surface area (Å²) in [6, 6.07) is 22.2. The number of hydrogen-bond donors (Lipinski definition) is 3. The second-order valence-corrected chi connectivity index (χ2v) is 11.3. The summed E-state index contributed by atoms with van der Waals surface area (Å²) in [4.78, 5) is 21.3. The van der Waals surface area contributed by atoms with Crippen LogP contribution in [-0.2, 0) is 14.8 Å². The van der Waals surface area contributed by atoms with E-state index in [1.807, 2.05) is 32.9 Å². The van der Waals surface area contributed by atoms with Crippen molar-refractivity contribution in [3.63, 3.8) is 0 Å². The van der Waals surface area contributed by atoms with E-state index >= 15 is 0 Å². The topological polar surface area (TPSA) is 118 Å². The molecule has 1 atom stereocenters. The van der Waals surface area contributed by atoms with Crippen LogP contribution in [0.15, 0.2) is 82.8 Å². The Kier molecular flexibility index (Phi) is 7.63. The second kappa shape index (κ2) is 10.7. The molecule has 0 fully saturated rings. The van der Waals surface area contributed by atoms with Crippen LogP contribution in [0.1, 0.15) is 24.5 Å². The Balaban J connectivity index is 1.59. The van der Waals surface area contributed by atoms with E-state index in [1.54, 1.807) is 0 Å². The molecule has 186 valence electrons. The summed E-state index contributed by atoms with van der Waals surface area (Å²) in [7, 11) is -3.79. The number of hydrogen-bond acceptors (Lipinski definition) is 5. The molecule has 4 rings (SSSR count). The van der Waals surface area contributed by atoms with Crippen molar-refractivity contribution in [2.45, 2.75) is 42.5 Å². The van der Waals surface area contributed by atoms with Crippen molar-refractivity contribution >= 4 is 33.4 Å². The summed E-state index contributed by atoms with van der Waals surface area (Å²) < 4.78 is 22.9. The van der Waals surface area contributed by atoms with E-state index < -0.39 is 15.3 Å². The number of H-pyrrole nitrogens is 1. The van der Waals surface area contributed by atoms with Crippen LogP contribution in [0.3, 0.4) is 0 Å². The highest BCUT2D eigenvalue weighted by atomic mass is 32.2. The molecule has 4 aromatic rings. The number of nitrogens with zero attached hydrogens (tertiary/aromatic N) is 1. The number of sulfonamides is 1. The minimum absolute atomic E-state index is 0.00947. The van der Waals surface area contributed by atoms with Crippen LogP contribution >= 0.6 is 11.8 Å². The Labute approximate surface area is 215 Å². The lowest BCUT2D eigenvalue weighted by molar-refractivity contribution is -0.115. The molecule has 4 N–H and O–H groups in total. The number of nitrogens with two attached hydrogens (primary N) is 1. The Morgan fingerprint density at radius 1 is 0.944 bits per heavy atom. The zero-order valence-electron chi connectivity index (χ0n) is 20.3. The maximum atomic E-state index is 13.0. The number of nitrogens with one attached hydrogen (secondary N) is 2. The maximum absolute atomic E-state index is 13.0. The lowest BCUT2D eigenvalue weighted by atomic mass is 10.0. The zero-order valence-corrected chi connectivity index (χ0v) is 21.9. The van der Waals surface area contributed by atoms with Crippen LogP contribution in [0.4, 0.5) is 5.69 Å². The molecule has 0 saturated heterocycles. The number of aromatic nitrogens is 2. The number of benzene rings is 3. The van der Waals surface area contributed by atoms with Crippen LogP contribution in [-0.4, -0.2) is 29.5 Å². The number of aryl methyl sites for hydroxylation is 2. The van der Waals surface area contributed by atoms with Crippen LogP contribution in [0.2, 0.25) is 0 Å². The van der Waals surface area contributed by atoms with E-state index in [0.29, 0.717) is 17.3 Å². The van der Waals surface area contributed by atoms with E-state index in [1.165, 1.54) is 47.2 Å². The highest BCUT2D eigenvalue weighted by Gasteiger charge is 2.22. The molecule has 36 heavy (non-hydrogen) atoms. The van der Waals surface area contributed by atoms with E-state index in [9.17, 15) is 13.2 Å². The van der Waals surface area contributed by atoms with Crippen molar-refractivity contribution < 1.29 is 13.2 Å². The number of primary sulfonamides is 1. The molecule has 0 radical (unpaired) electrons. The Bertz CT molecular complexity index is 1400. The molecular weight excluding hydrogens is 492 g/mol. The fourth-order valence-electron chi connectivity index (χ4n) is 3.66. The van der Waals surface area contributed by atoms with Gasteiger partial charge >= 0.3 is 0 Å². The lowest BCUT2D eigenvalue weighted by Crippen LogP contribution is -2.24. The van der Waals surface area contributed by atoms with Crippen LogP contribution in [0.5, 0.6) is 0 Å². The van der Waals surface area contributed by atoms with Gasteiger partial charge in [0.05, 0.1) is 21.5 Å². The van der Waals surface area contributed by atoms with Crippen molar-refractivity contribution in [2.75, 3.05) is 5.32 Å². The molecule has 1 amide bonds. The smallest absolute Gasteiger partial charge is 0.238 e. The van der Waals surface area contributed by atoms with Gasteiger partial charge in [0.1, 0.15) is 0 Å². The van der Waals surface area contributed by atoms with Gasteiger partial charge in [0, 0.05) is 16.8 Å². The van der Waals surface area contributed by atoms with Gasteiger partial charge in [-0.25, -0.2) is 18.5 Å². The van der Waals surface area contributed by atoms with Crippen molar-refractivity contribution in [1.29, 1.82) is 0 Å². The standard InChI is InChI=1S/C27H28N4O3S2/c1-4-23(26(32)29-21-13-15-22(16-14-21)36(28,33)34)35-27-30-24(19-9-5-17(2)6-10-19)25(31-27)20-11-7-18(3)8-12-20/h5-16,23H,4H2,1-3H3,(H,29,32)(H,30,31)(H2,28,33,34). The van der Waals surface area contributed by atoms with Crippen molar-refractivity contribution in [1.82, 2.24) is 9.97 Å². The molecule has 0 aliphatic carbocycles. The first-order valence-corrected chi connectivity index (χ1v) is 13.9. The molecule has 1 unspecified atom stereocenters. The van der Waals surface area contributed by atoms with Crippen LogP contribution in [0.25, 0.3) is 22.5 Å². The molecule has 9 heteroatoms. The summed E-state index contributed by atoms with van der Waals surface area (Å²) in [5.41, 5.74) is 6.57. The summed E-state index contributed by atoms with van der Waals surface area (Å²) in [6.07, 6.45) is 0.576. The molecule has 0 bridgehead atoms. The normalized spacial score (nSPS) is 12.3. The Morgan fingerprint density at radius 3 is 2.03 bits per heavy atom. The molecule has 1 aromatic heterocycles. The van der Waals surface area contributed by atoms with Gasteiger partial charge in [-0.1, -0.05) is 78.3 Å². The van der Waals surface area contributed by atoms with E-state index in [-0.39, 0.29) is 10.8 Å². The Morgan fingerprint density at radius 2 is 1.50 bits per heavy atom. The van der Waals surface area contributed by atoms with Crippen LogP contribution < -0.4 is 10.5 Å². The minimum Gasteiger partial charge on any atom is -0.332 e. The molecule has 0 aliphatic rings. The predicted molar refractivity (Wildman–Crippen MR) is 145 cm³/mol. The summed E-state index contributed by atoms with van der Waals surface area (Å²) in [6.45, 7) is 6.03. The van der Waals surface area contributed by atoms with Gasteiger partial charge in [-0.05, 0) is 44.5 Å². The van der Waals surface area contributed by atoms with Crippen molar-refractivity contribution in [3.05, 3.63) is 83.9 Å². The number of imidazole rings is 1. The highest BCUT2D eigenvalue weighted by molar-refractivity contribution is 8.00. The number of amides is 1. The van der Waals surface area contributed by atoms with E-state index in [2.05, 4.69) is 46.7 Å². The predicted octanol–water partition coefficient (Wildman–Crippen LogP) is 5.52. The Hall–Kier alpha value is -3.40. The summed E-state index contributed by atoms with van der Waals surface area (Å²) >= 11 is 1.36. The zero-order chi connectivity index (χ0) is 25.9. The lowest BCUT2D eigenvalue weighted by Gasteiger charge is -2.13. The molecule has 1 heterocycles. The number of carbonyl (C=O) groups is 1. The second-order valence-electron chi connectivity index (χ2n) is 8.57. The molecule has 0 spiro atoms. The maximum Gasteiger partial charge on any atom is 0.238 e. The first kappa shape index (κ1) is 25.7. The van der Waals surface area contributed by atoms with Gasteiger partial charge in [0.2, 0.25) is 15.9 Å². The van der Waals surface area contributed by atoms with Gasteiger partial charge in [0.15, 0.2) is 5.16 Å². The van der Waals surface area contributed by atoms with Gasteiger partial charge in [-0.3, -0.25) is 4.79 Å². The third-order valence-corrected chi connectivity index (χ3v) is 7.89. The largest absolute Gasteiger partial charge is 0.332 e. The highest BCUT2D eigenvalue weighted by Crippen LogP contribution is 2.35. The molecule has 3 aromatic carbocycles. The van der Waals surface area contributed by atoms with Crippen LogP contribution in [0, 0.1) is 13.8 Å².